The van der Waals surface area contributed by atoms with E-state index in [-0.39, 0.29) is 18.2 Å². The average Bonchev–Trinajstić information content (AvgIpc) is 3.51. The Balaban J connectivity index is 1.37. The SMILES string of the molecule is O=C1/C(=C/c2ccc(O)cc2)S/C(=N\N=C\c2ccc(-c3ccccc3)cc2)N1Cc1ccco1. The van der Waals surface area contributed by atoms with Crippen LogP contribution in [0, 0.1) is 0 Å². The van der Waals surface area contributed by atoms with Gasteiger partial charge in [-0.2, -0.15) is 5.10 Å². The summed E-state index contributed by atoms with van der Waals surface area (Å²) >= 11 is 1.25. The Morgan fingerprint density at radius 3 is 2.29 bits per heavy atom. The average molecular weight is 480 g/mol. The minimum absolute atomic E-state index is 0.172. The molecule has 0 unspecified atom stereocenters. The number of nitrogens with zero attached hydrogens (tertiary/aromatic N) is 3. The quantitative estimate of drug-likeness (QED) is 0.204. The zero-order valence-corrected chi connectivity index (χ0v) is 19.4. The van der Waals surface area contributed by atoms with E-state index in [1.807, 2.05) is 48.5 Å². The van der Waals surface area contributed by atoms with E-state index < -0.39 is 0 Å². The van der Waals surface area contributed by atoms with Crippen molar-refractivity contribution in [2.45, 2.75) is 6.54 Å². The van der Waals surface area contributed by atoms with Gasteiger partial charge in [0.2, 0.25) is 0 Å². The summed E-state index contributed by atoms with van der Waals surface area (Å²) in [6.07, 6.45) is 5.01. The Kier molecular flexibility index (Phi) is 6.59. The molecule has 0 atom stereocenters. The van der Waals surface area contributed by atoms with Crippen molar-refractivity contribution in [1.29, 1.82) is 0 Å². The van der Waals surface area contributed by atoms with Crippen LogP contribution in [0.2, 0.25) is 0 Å². The van der Waals surface area contributed by atoms with Gasteiger partial charge in [-0.25, -0.2) is 0 Å². The van der Waals surface area contributed by atoms with Gasteiger partial charge in [0.25, 0.3) is 5.91 Å². The second kappa shape index (κ2) is 10.3. The molecule has 1 N–H and O–H groups in total. The van der Waals surface area contributed by atoms with Crippen LogP contribution < -0.4 is 0 Å². The molecule has 1 saturated heterocycles. The van der Waals surface area contributed by atoms with Gasteiger partial charge in [-0.3, -0.25) is 9.69 Å². The van der Waals surface area contributed by atoms with E-state index in [2.05, 4.69) is 22.3 Å². The van der Waals surface area contributed by atoms with Crippen molar-refractivity contribution in [3.8, 4) is 16.9 Å². The van der Waals surface area contributed by atoms with Crippen molar-refractivity contribution in [2.75, 3.05) is 0 Å². The standard InChI is InChI=1S/C28H21N3O3S/c32-24-14-10-20(11-15-24)17-26-27(33)31(19-25-7-4-16-34-25)28(35-26)30-29-18-21-8-12-23(13-9-21)22-5-2-1-3-6-22/h1-18,32H,19H2/b26-17-,29-18+,30-28-. The van der Waals surface area contributed by atoms with E-state index in [0.29, 0.717) is 15.8 Å². The van der Waals surface area contributed by atoms with Crippen molar-refractivity contribution in [3.63, 3.8) is 0 Å². The van der Waals surface area contributed by atoms with Crippen molar-refractivity contribution >= 4 is 35.1 Å². The fourth-order valence-electron chi connectivity index (χ4n) is 3.54. The maximum Gasteiger partial charge on any atom is 0.267 e. The number of hydrogen-bond donors (Lipinski definition) is 1. The van der Waals surface area contributed by atoms with Crippen molar-refractivity contribution < 1.29 is 14.3 Å². The molecule has 0 aliphatic carbocycles. The first-order chi connectivity index (χ1) is 17.2. The van der Waals surface area contributed by atoms with E-state index in [4.69, 9.17) is 4.42 Å². The van der Waals surface area contributed by atoms with Gasteiger partial charge in [-0.15, -0.1) is 5.10 Å². The topological polar surface area (TPSA) is 78.4 Å². The minimum Gasteiger partial charge on any atom is -0.508 e. The summed E-state index contributed by atoms with van der Waals surface area (Å²) in [6, 6.07) is 28.5. The third-order valence-electron chi connectivity index (χ3n) is 5.34. The number of rotatable bonds is 6. The second-order valence-corrected chi connectivity index (χ2v) is 8.80. The smallest absolute Gasteiger partial charge is 0.267 e. The molecule has 1 fully saturated rings. The molecule has 1 aromatic heterocycles. The lowest BCUT2D eigenvalue weighted by Gasteiger charge is -2.12. The highest BCUT2D eigenvalue weighted by atomic mass is 32.2. The summed E-state index contributed by atoms with van der Waals surface area (Å²) in [5, 5.41) is 18.6. The summed E-state index contributed by atoms with van der Waals surface area (Å²) in [6.45, 7) is 0.256. The van der Waals surface area contributed by atoms with Gasteiger partial charge in [-0.1, -0.05) is 66.7 Å². The Labute approximate surface area is 206 Å². The fraction of sp³-hybridized carbons (Fsp3) is 0.0357. The molecular weight excluding hydrogens is 458 g/mol. The third-order valence-corrected chi connectivity index (χ3v) is 6.34. The number of furan rings is 1. The van der Waals surface area contributed by atoms with Crippen LogP contribution in [0.1, 0.15) is 16.9 Å². The number of aromatic hydroxyl groups is 1. The summed E-state index contributed by atoms with van der Waals surface area (Å²) in [4.78, 5) is 15.2. The number of amidine groups is 1. The lowest BCUT2D eigenvalue weighted by Crippen LogP contribution is -2.28. The minimum atomic E-state index is -0.180. The molecule has 2 heterocycles. The third kappa shape index (κ3) is 5.42. The summed E-state index contributed by atoms with van der Waals surface area (Å²) in [5.74, 6) is 0.643. The highest BCUT2D eigenvalue weighted by molar-refractivity contribution is 8.18. The first-order valence-corrected chi connectivity index (χ1v) is 11.8. The van der Waals surface area contributed by atoms with E-state index in [1.165, 1.54) is 11.8 Å². The number of phenols is 1. The zero-order chi connectivity index (χ0) is 24.0. The van der Waals surface area contributed by atoms with Crippen molar-refractivity contribution in [2.24, 2.45) is 10.2 Å². The molecule has 7 heteroatoms. The molecule has 0 saturated carbocycles. The van der Waals surface area contributed by atoms with Crippen LogP contribution in [0.25, 0.3) is 17.2 Å². The summed E-state index contributed by atoms with van der Waals surface area (Å²) in [5.41, 5.74) is 3.99. The fourth-order valence-corrected chi connectivity index (χ4v) is 4.47. The van der Waals surface area contributed by atoms with Gasteiger partial charge < -0.3 is 9.52 Å². The molecule has 3 aromatic carbocycles. The van der Waals surface area contributed by atoms with E-state index >= 15 is 0 Å². The maximum absolute atomic E-state index is 13.1. The molecule has 1 amide bonds. The largest absolute Gasteiger partial charge is 0.508 e. The van der Waals surface area contributed by atoms with Gasteiger partial charge in [0.15, 0.2) is 5.17 Å². The number of phenolic OH excluding ortho intramolecular Hbond substituents is 1. The van der Waals surface area contributed by atoms with Crippen LogP contribution in [0.4, 0.5) is 0 Å². The summed E-state index contributed by atoms with van der Waals surface area (Å²) in [7, 11) is 0. The van der Waals surface area contributed by atoms with Crippen LogP contribution in [0.3, 0.4) is 0 Å². The van der Waals surface area contributed by atoms with Crippen LogP contribution in [0.15, 0.2) is 117 Å². The lowest BCUT2D eigenvalue weighted by atomic mass is 10.0. The molecule has 0 spiro atoms. The molecule has 0 radical (unpaired) electrons. The molecule has 4 aromatic rings. The Morgan fingerprint density at radius 2 is 1.57 bits per heavy atom. The highest BCUT2D eigenvalue weighted by Gasteiger charge is 2.34. The van der Waals surface area contributed by atoms with Gasteiger partial charge in [0.1, 0.15) is 11.5 Å². The Bertz CT molecular complexity index is 1390. The van der Waals surface area contributed by atoms with Crippen molar-refractivity contribution in [3.05, 3.63) is 119 Å². The van der Waals surface area contributed by atoms with Gasteiger partial charge in [0, 0.05) is 0 Å². The monoisotopic (exact) mass is 479 g/mol. The van der Waals surface area contributed by atoms with Gasteiger partial charge in [-0.05, 0) is 64.4 Å². The predicted octanol–water partition coefficient (Wildman–Crippen LogP) is 6.16. The number of benzene rings is 3. The predicted molar refractivity (Wildman–Crippen MR) is 140 cm³/mol. The number of amides is 1. The summed E-state index contributed by atoms with van der Waals surface area (Å²) < 4.78 is 5.44. The van der Waals surface area contributed by atoms with Crippen molar-refractivity contribution in [1.82, 2.24) is 4.90 Å². The normalized spacial score (nSPS) is 16.1. The maximum atomic E-state index is 13.1. The van der Waals surface area contributed by atoms with Crippen LogP contribution in [0.5, 0.6) is 5.75 Å². The number of thioether (sulfide) groups is 1. The van der Waals surface area contributed by atoms with Gasteiger partial charge >= 0.3 is 0 Å². The first kappa shape index (κ1) is 22.4. The van der Waals surface area contributed by atoms with E-state index in [0.717, 1.165) is 22.3 Å². The number of hydrogen-bond acceptors (Lipinski definition) is 6. The highest BCUT2D eigenvalue weighted by Crippen LogP contribution is 2.34. The van der Waals surface area contributed by atoms with Crippen LogP contribution in [-0.4, -0.2) is 27.3 Å². The molecule has 35 heavy (non-hydrogen) atoms. The Hall–Kier alpha value is -4.36. The van der Waals surface area contributed by atoms with Crippen LogP contribution >= 0.6 is 11.8 Å². The number of carbonyl (C=O) groups is 1. The van der Waals surface area contributed by atoms with E-state index in [1.54, 1.807) is 53.8 Å². The van der Waals surface area contributed by atoms with Gasteiger partial charge in [0.05, 0.1) is 23.9 Å². The van der Waals surface area contributed by atoms with Crippen LogP contribution in [-0.2, 0) is 11.3 Å². The molecule has 1 aliphatic rings. The molecule has 1 aliphatic heterocycles. The molecule has 6 nitrogen and oxygen atoms in total. The first-order valence-electron chi connectivity index (χ1n) is 10.9. The molecule has 5 rings (SSSR count). The molecular formula is C28H21N3O3S. The molecule has 0 bridgehead atoms. The second-order valence-electron chi connectivity index (χ2n) is 7.79. The lowest BCUT2D eigenvalue weighted by molar-refractivity contribution is -0.122. The number of carbonyl (C=O) groups excluding carboxylic acids is 1. The van der Waals surface area contributed by atoms with E-state index in [9.17, 15) is 9.90 Å². The Morgan fingerprint density at radius 1 is 0.857 bits per heavy atom. The zero-order valence-electron chi connectivity index (χ0n) is 18.6. The molecule has 172 valence electrons.